The topological polar surface area (TPSA) is 37.4 Å². The predicted molar refractivity (Wildman–Crippen MR) is 84.6 cm³/mol. The van der Waals surface area contributed by atoms with Gasteiger partial charge in [0.2, 0.25) is 0 Å². The number of methoxy groups -OCH3 is 1. The summed E-state index contributed by atoms with van der Waals surface area (Å²) in [7, 11) is 1.73. The van der Waals surface area contributed by atoms with Gasteiger partial charge < -0.3 is 10.1 Å². The first-order valence-corrected chi connectivity index (χ1v) is 8.25. The van der Waals surface area contributed by atoms with Gasteiger partial charge in [-0.1, -0.05) is 6.42 Å². The van der Waals surface area contributed by atoms with Gasteiger partial charge in [-0.25, -0.2) is 0 Å². The Morgan fingerprint density at radius 3 is 2.95 bits per heavy atom. The van der Waals surface area contributed by atoms with Gasteiger partial charge in [-0.2, -0.15) is 0 Å². The number of piperidine rings is 1. The first-order chi connectivity index (χ1) is 10.3. The van der Waals surface area contributed by atoms with Gasteiger partial charge in [0, 0.05) is 36.5 Å². The molecule has 21 heavy (non-hydrogen) atoms. The van der Waals surface area contributed by atoms with Crippen molar-refractivity contribution in [1.29, 1.82) is 0 Å². The van der Waals surface area contributed by atoms with Crippen molar-refractivity contribution in [1.82, 2.24) is 15.2 Å². The largest absolute Gasteiger partial charge is 0.497 e. The van der Waals surface area contributed by atoms with Crippen molar-refractivity contribution in [3.8, 4) is 5.75 Å². The van der Waals surface area contributed by atoms with E-state index in [1.807, 2.05) is 13.0 Å². The lowest BCUT2D eigenvalue weighted by atomic mass is 9.94. The monoisotopic (exact) mass is 289 g/mol. The molecular weight excluding hydrogens is 262 g/mol. The number of rotatable bonds is 4. The third-order valence-electron chi connectivity index (χ3n) is 4.81. The molecule has 3 heterocycles. The second kappa shape index (κ2) is 6.75. The number of hydrogen-bond donors (Lipinski definition) is 1. The molecule has 2 fully saturated rings. The van der Waals surface area contributed by atoms with E-state index >= 15 is 0 Å². The lowest BCUT2D eigenvalue weighted by Gasteiger charge is -2.39. The third kappa shape index (κ3) is 3.55. The zero-order valence-electron chi connectivity index (χ0n) is 13.3. The number of ether oxygens (including phenoxy) is 1. The van der Waals surface area contributed by atoms with Gasteiger partial charge in [-0.05, 0) is 45.7 Å². The van der Waals surface area contributed by atoms with Crippen molar-refractivity contribution >= 4 is 0 Å². The molecule has 4 heteroatoms. The Morgan fingerprint density at radius 1 is 1.29 bits per heavy atom. The maximum Gasteiger partial charge on any atom is 0.122 e. The Bertz CT molecular complexity index is 471. The van der Waals surface area contributed by atoms with Crippen molar-refractivity contribution in [2.45, 2.75) is 57.7 Å². The van der Waals surface area contributed by atoms with Crippen LogP contribution in [0.4, 0.5) is 0 Å². The Morgan fingerprint density at radius 2 is 2.19 bits per heavy atom. The van der Waals surface area contributed by atoms with Gasteiger partial charge in [0.05, 0.1) is 12.8 Å². The summed E-state index contributed by atoms with van der Waals surface area (Å²) in [5.74, 6) is 0.921. The van der Waals surface area contributed by atoms with Crippen LogP contribution in [0.25, 0.3) is 0 Å². The quantitative estimate of drug-likeness (QED) is 0.924. The molecule has 3 rings (SSSR count). The Hall–Kier alpha value is -1.13. The number of aromatic nitrogens is 1. The van der Waals surface area contributed by atoms with Crippen molar-refractivity contribution in [2.75, 3.05) is 20.2 Å². The third-order valence-corrected chi connectivity index (χ3v) is 4.81. The summed E-state index contributed by atoms with van der Waals surface area (Å²) in [6, 6.07) is 5.43. The minimum Gasteiger partial charge on any atom is -0.497 e. The average Bonchev–Trinajstić information content (AvgIpc) is 3.01. The van der Waals surface area contributed by atoms with Crippen molar-refractivity contribution in [3.05, 3.63) is 23.5 Å². The van der Waals surface area contributed by atoms with Gasteiger partial charge in [0.15, 0.2) is 0 Å². The van der Waals surface area contributed by atoms with Crippen LogP contribution in [-0.4, -0.2) is 42.2 Å². The molecule has 1 aromatic rings. The molecule has 0 amide bonds. The zero-order chi connectivity index (χ0) is 14.7. The molecule has 0 spiro atoms. The molecule has 2 saturated heterocycles. The molecule has 0 radical (unpaired) electrons. The van der Waals surface area contributed by atoms with Crippen LogP contribution >= 0.6 is 0 Å². The lowest BCUT2D eigenvalue weighted by molar-refractivity contribution is 0.111. The Kier molecular flexibility index (Phi) is 4.76. The lowest BCUT2D eigenvalue weighted by Crippen LogP contribution is -2.49. The van der Waals surface area contributed by atoms with E-state index in [1.54, 1.807) is 7.11 Å². The normalized spacial score (nSPS) is 27.0. The smallest absolute Gasteiger partial charge is 0.122 e. The van der Waals surface area contributed by atoms with E-state index in [0.717, 1.165) is 23.7 Å². The number of pyridine rings is 1. The summed E-state index contributed by atoms with van der Waals surface area (Å²) in [5.41, 5.74) is 2.17. The number of nitrogens with zero attached hydrogens (tertiary/aromatic N) is 2. The number of likely N-dealkylation sites (tertiary alicyclic amines) is 1. The van der Waals surface area contributed by atoms with Crippen LogP contribution in [0, 0.1) is 6.92 Å². The minimum atomic E-state index is 0.676. The van der Waals surface area contributed by atoms with Gasteiger partial charge in [-0.3, -0.25) is 9.88 Å². The Labute approximate surface area is 127 Å². The maximum absolute atomic E-state index is 5.38. The summed E-state index contributed by atoms with van der Waals surface area (Å²) in [6.07, 6.45) is 6.65. The van der Waals surface area contributed by atoms with Crippen molar-refractivity contribution in [2.24, 2.45) is 0 Å². The molecule has 2 unspecified atom stereocenters. The van der Waals surface area contributed by atoms with Gasteiger partial charge in [0.25, 0.3) is 0 Å². The van der Waals surface area contributed by atoms with Crippen LogP contribution in [0.5, 0.6) is 5.75 Å². The summed E-state index contributed by atoms with van der Waals surface area (Å²) in [6.45, 7) is 5.37. The molecule has 1 N–H and O–H groups in total. The van der Waals surface area contributed by atoms with E-state index in [-0.39, 0.29) is 0 Å². The molecule has 0 saturated carbocycles. The minimum absolute atomic E-state index is 0.676. The van der Waals surface area contributed by atoms with Crippen LogP contribution in [-0.2, 0) is 6.54 Å². The molecule has 2 aliphatic rings. The van der Waals surface area contributed by atoms with E-state index in [0.29, 0.717) is 12.1 Å². The SMILES string of the molecule is COc1cc(C)nc(CN2CCCCC2C2CCCN2)c1. The Balaban J connectivity index is 1.73. The first-order valence-electron chi connectivity index (χ1n) is 8.25. The fraction of sp³-hybridized carbons (Fsp3) is 0.706. The van der Waals surface area contributed by atoms with Crippen molar-refractivity contribution < 1.29 is 4.74 Å². The maximum atomic E-state index is 5.38. The first kappa shape index (κ1) is 14.8. The standard InChI is InChI=1S/C17H27N3O/c1-13-10-15(21-2)11-14(19-13)12-20-9-4-3-7-17(20)16-6-5-8-18-16/h10-11,16-18H,3-9,12H2,1-2H3. The summed E-state index contributed by atoms with van der Waals surface area (Å²) < 4.78 is 5.38. The molecule has 0 aliphatic carbocycles. The second-order valence-corrected chi connectivity index (χ2v) is 6.38. The van der Waals surface area contributed by atoms with Crippen LogP contribution < -0.4 is 10.1 Å². The fourth-order valence-corrected chi connectivity index (χ4v) is 3.82. The van der Waals surface area contributed by atoms with E-state index in [9.17, 15) is 0 Å². The second-order valence-electron chi connectivity index (χ2n) is 6.38. The van der Waals surface area contributed by atoms with Crippen LogP contribution in [0.1, 0.15) is 43.5 Å². The van der Waals surface area contributed by atoms with E-state index in [2.05, 4.69) is 16.3 Å². The van der Waals surface area contributed by atoms with E-state index in [1.165, 1.54) is 45.2 Å². The molecule has 2 atom stereocenters. The highest BCUT2D eigenvalue weighted by molar-refractivity contribution is 5.26. The average molecular weight is 289 g/mol. The summed E-state index contributed by atoms with van der Waals surface area (Å²) >= 11 is 0. The fourth-order valence-electron chi connectivity index (χ4n) is 3.82. The molecular formula is C17H27N3O. The molecule has 0 bridgehead atoms. The number of aryl methyl sites for hydroxylation is 1. The highest BCUT2D eigenvalue weighted by Crippen LogP contribution is 2.26. The van der Waals surface area contributed by atoms with Gasteiger partial charge >= 0.3 is 0 Å². The van der Waals surface area contributed by atoms with Crippen LogP contribution in [0.3, 0.4) is 0 Å². The molecule has 1 aromatic heterocycles. The van der Waals surface area contributed by atoms with Gasteiger partial charge in [0.1, 0.15) is 5.75 Å². The van der Waals surface area contributed by atoms with Crippen LogP contribution in [0.2, 0.25) is 0 Å². The summed E-state index contributed by atoms with van der Waals surface area (Å²) in [4.78, 5) is 7.33. The van der Waals surface area contributed by atoms with Crippen LogP contribution in [0.15, 0.2) is 12.1 Å². The number of nitrogens with one attached hydrogen (secondary N) is 1. The molecule has 0 aromatic carbocycles. The highest BCUT2D eigenvalue weighted by atomic mass is 16.5. The number of hydrogen-bond acceptors (Lipinski definition) is 4. The predicted octanol–water partition coefficient (Wildman–Crippen LogP) is 2.51. The van der Waals surface area contributed by atoms with Crippen molar-refractivity contribution in [3.63, 3.8) is 0 Å². The van der Waals surface area contributed by atoms with Gasteiger partial charge in [-0.15, -0.1) is 0 Å². The highest BCUT2D eigenvalue weighted by Gasteiger charge is 2.31. The zero-order valence-corrected chi connectivity index (χ0v) is 13.3. The van der Waals surface area contributed by atoms with E-state index < -0.39 is 0 Å². The molecule has 116 valence electrons. The van der Waals surface area contributed by atoms with E-state index in [4.69, 9.17) is 9.72 Å². The molecule has 2 aliphatic heterocycles. The summed E-state index contributed by atoms with van der Waals surface area (Å²) in [5, 5.41) is 3.69. The molecule has 4 nitrogen and oxygen atoms in total.